The first-order chi connectivity index (χ1) is 12.3. The number of amides is 1. The molecule has 1 atom stereocenters. The van der Waals surface area contributed by atoms with E-state index in [1.807, 2.05) is 18.2 Å². The Morgan fingerprint density at radius 2 is 2.20 bits per heavy atom. The molecule has 7 nitrogen and oxygen atoms in total. The maximum Gasteiger partial charge on any atom is 0.263 e. The van der Waals surface area contributed by atoms with Crippen LogP contribution in [0.3, 0.4) is 0 Å². The summed E-state index contributed by atoms with van der Waals surface area (Å²) in [6, 6.07) is 7.55. The molecule has 0 radical (unpaired) electrons. The third kappa shape index (κ3) is 3.48. The van der Waals surface area contributed by atoms with Crippen molar-refractivity contribution >= 4 is 23.4 Å². The Balaban J connectivity index is 1.44. The Kier molecular flexibility index (Phi) is 4.34. The van der Waals surface area contributed by atoms with Crippen LogP contribution in [0.4, 0.5) is 5.95 Å². The number of nitrogens with zero attached hydrogens (tertiary/aromatic N) is 5. The third-order valence-electron chi connectivity index (χ3n) is 4.07. The van der Waals surface area contributed by atoms with E-state index in [4.69, 9.17) is 0 Å². The predicted molar refractivity (Wildman–Crippen MR) is 95.5 cm³/mol. The first-order valence-electron chi connectivity index (χ1n) is 7.99. The van der Waals surface area contributed by atoms with Crippen molar-refractivity contribution in [2.45, 2.75) is 12.5 Å². The maximum atomic E-state index is 12.1. The molecule has 4 heterocycles. The molecule has 1 N–H and O–H groups in total. The SMILES string of the molecule is O=C(NC1CCN(c2nccc(-c3cccnc3)n2)C1)c1ccns1. The van der Waals surface area contributed by atoms with Crippen molar-refractivity contribution in [2.24, 2.45) is 0 Å². The van der Waals surface area contributed by atoms with Crippen LogP contribution in [0.15, 0.2) is 49.1 Å². The standard InChI is InChI=1S/C17H16N6OS/c24-16(15-4-8-20-25-15)21-13-5-9-23(11-13)17-19-7-3-14(22-17)12-2-1-6-18-10-12/h1-4,6-8,10,13H,5,9,11H2,(H,21,24). The highest BCUT2D eigenvalue weighted by molar-refractivity contribution is 7.08. The average Bonchev–Trinajstić information content (AvgIpc) is 3.35. The molecule has 1 aliphatic rings. The van der Waals surface area contributed by atoms with E-state index in [9.17, 15) is 4.79 Å². The van der Waals surface area contributed by atoms with Gasteiger partial charge in [-0.1, -0.05) is 0 Å². The Hall–Kier alpha value is -2.87. The van der Waals surface area contributed by atoms with Gasteiger partial charge in [0.25, 0.3) is 5.91 Å². The van der Waals surface area contributed by atoms with Crippen LogP contribution in [0, 0.1) is 0 Å². The van der Waals surface area contributed by atoms with E-state index >= 15 is 0 Å². The number of carbonyl (C=O) groups is 1. The molecule has 126 valence electrons. The molecule has 1 fully saturated rings. The number of anilines is 1. The highest BCUT2D eigenvalue weighted by Crippen LogP contribution is 2.21. The van der Waals surface area contributed by atoms with Crippen LogP contribution < -0.4 is 10.2 Å². The first kappa shape index (κ1) is 15.6. The molecule has 3 aromatic heterocycles. The number of pyridine rings is 1. The minimum absolute atomic E-state index is 0.0700. The van der Waals surface area contributed by atoms with Gasteiger partial charge < -0.3 is 10.2 Å². The summed E-state index contributed by atoms with van der Waals surface area (Å²) >= 11 is 1.20. The number of rotatable bonds is 4. The van der Waals surface area contributed by atoms with Crippen LogP contribution >= 0.6 is 11.5 Å². The zero-order chi connectivity index (χ0) is 17.1. The van der Waals surface area contributed by atoms with Gasteiger partial charge in [-0.3, -0.25) is 9.78 Å². The van der Waals surface area contributed by atoms with Gasteiger partial charge in [0, 0.05) is 49.5 Å². The second kappa shape index (κ2) is 6.94. The highest BCUT2D eigenvalue weighted by atomic mass is 32.1. The molecule has 0 aromatic carbocycles. The van der Waals surface area contributed by atoms with Gasteiger partial charge >= 0.3 is 0 Å². The van der Waals surface area contributed by atoms with Crippen molar-refractivity contribution in [1.82, 2.24) is 24.6 Å². The van der Waals surface area contributed by atoms with Crippen molar-refractivity contribution < 1.29 is 4.79 Å². The summed E-state index contributed by atoms with van der Waals surface area (Å²) < 4.78 is 3.96. The van der Waals surface area contributed by atoms with E-state index in [0.717, 1.165) is 24.2 Å². The molecular formula is C17H16N6OS. The van der Waals surface area contributed by atoms with E-state index in [1.54, 1.807) is 30.9 Å². The van der Waals surface area contributed by atoms with Gasteiger partial charge in [0.2, 0.25) is 5.95 Å². The normalized spacial score (nSPS) is 16.8. The lowest BCUT2D eigenvalue weighted by molar-refractivity contribution is 0.0944. The number of hydrogen-bond donors (Lipinski definition) is 1. The lowest BCUT2D eigenvalue weighted by Crippen LogP contribution is -2.37. The zero-order valence-corrected chi connectivity index (χ0v) is 14.2. The summed E-state index contributed by atoms with van der Waals surface area (Å²) in [5, 5.41) is 3.05. The van der Waals surface area contributed by atoms with Gasteiger partial charge in [-0.15, -0.1) is 0 Å². The summed E-state index contributed by atoms with van der Waals surface area (Å²) in [6.07, 6.45) is 7.79. The second-order valence-electron chi connectivity index (χ2n) is 5.77. The first-order valence-corrected chi connectivity index (χ1v) is 8.77. The summed E-state index contributed by atoms with van der Waals surface area (Å²) in [5.74, 6) is 0.607. The van der Waals surface area contributed by atoms with Crippen molar-refractivity contribution in [3.8, 4) is 11.3 Å². The summed E-state index contributed by atoms with van der Waals surface area (Å²) in [6.45, 7) is 1.51. The number of carbonyl (C=O) groups excluding carboxylic acids is 1. The van der Waals surface area contributed by atoms with Gasteiger partial charge in [-0.25, -0.2) is 14.3 Å². The molecule has 1 saturated heterocycles. The zero-order valence-electron chi connectivity index (χ0n) is 13.4. The fraction of sp³-hybridized carbons (Fsp3) is 0.235. The van der Waals surface area contributed by atoms with Crippen LogP contribution in [0.5, 0.6) is 0 Å². The van der Waals surface area contributed by atoms with E-state index in [1.165, 1.54) is 11.5 Å². The quantitative estimate of drug-likeness (QED) is 0.773. The molecule has 8 heteroatoms. The molecule has 1 aliphatic heterocycles. The smallest absolute Gasteiger partial charge is 0.263 e. The Bertz CT molecular complexity index is 855. The third-order valence-corrected chi connectivity index (χ3v) is 4.81. The Labute approximate surface area is 148 Å². The van der Waals surface area contributed by atoms with Crippen LogP contribution in [0.1, 0.15) is 16.1 Å². The molecule has 1 amide bonds. The van der Waals surface area contributed by atoms with Crippen LogP contribution in [0.2, 0.25) is 0 Å². The average molecular weight is 352 g/mol. The summed E-state index contributed by atoms with van der Waals surface area (Å²) in [5.41, 5.74) is 1.80. The monoisotopic (exact) mass is 352 g/mol. The molecule has 25 heavy (non-hydrogen) atoms. The fourth-order valence-corrected chi connectivity index (χ4v) is 3.32. The molecule has 0 saturated carbocycles. The summed E-state index contributed by atoms with van der Waals surface area (Å²) in [4.78, 5) is 28.0. The van der Waals surface area contributed by atoms with E-state index in [2.05, 4.69) is 29.5 Å². The molecule has 0 aliphatic carbocycles. The molecule has 4 rings (SSSR count). The molecular weight excluding hydrogens is 336 g/mol. The minimum Gasteiger partial charge on any atom is -0.347 e. The maximum absolute atomic E-state index is 12.1. The van der Waals surface area contributed by atoms with Gasteiger partial charge in [-0.2, -0.15) is 0 Å². The predicted octanol–water partition coefficient (Wildman–Crippen LogP) is 2.00. The van der Waals surface area contributed by atoms with Gasteiger partial charge in [0.15, 0.2) is 0 Å². The largest absolute Gasteiger partial charge is 0.347 e. The van der Waals surface area contributed by atoms with Crippen LogP contribution in [-0.4, -0.2) is 44.4 Å². The van der Waals surface area contributed by atoms with Crippen molar-refractivity contribution in [3.63, 3.8) is 0 Å². The molecule has 3 aromatic rings. The lowest BCUT2D eigenvalue weighted by Gasteiger charge is -2.17. The second-order valence-corrected chi connectivity index (χ2v) is 6.60. The van der Waals surface area contributed by atoms with Crippen molar-refractivity contribution in [3.05, 3.63) is 53.9 Å². The molecule has 0 bridgehead atoms. The fourth-order valence-electron chi connectivity index (χ4n) is 2.82. The topological polar surface area (TPSA) is 83.9 Å². The minimum atomic E-state index is -0.0700. The van der Waals surface area contributed by atoms with Gasteiger partial charge in [0.05, 0.1) is 5.69 Å². The van der Waals surface area contributed by atoms with Crippen molar-refractivity contribution in [1.29, 1.82) is 0 Å². The lowest BCUT2D eigenvalue weighted by atomic mass is 10.2. The van der Waals surface area contributed by atoms with E-state index < -0.39 is 0 Å². The van der Waals surface area contributed by atoms with Crippen LogP contribution in [-0.2, 0) is 0 Å². The molecule has 1 unspecified atom stereocenters. The number of nitrogens with one attached hydrogen (secondary N) is 1. The van der Waals surface area contributed by atoms with Crippen molar-refractivity contribution in [2.75, 3.05) is 18.0 Å². The van der Waals surface area contributed by atoms with E-state index in [0.29, 0.717) is 17.4 Å². The molecule has 0 spiro atoms. The van der Waals surface area contributed by atoms with Gasteiger partial charge in [-0.05, 0) is 42.2 Å². The number of hydrogen-bond acceptors (Lipinski definition) is 7. The summed E-state index contributed by atoms with van der Waals surface area (Å²) in [7, 11) is 0. The van der Waals surface area contributed by atoms with Gasteiger partial charge in [0.1, 0.15) is 4.88 Å². The van der Waals surface area contributed by atoms with E-state index in [-0.39, 0.29) is 11.9 Å². The van der Waals surface area contributed by atoms with Crippen LogP contribution in [0.25, 0.3) is 11.3 Å². The number of aromatic nitrogens is 4. The highest BCUT2D eigenvalue weighted by Gasteiger charge is 2.26. The Morgan fingerprint density at radius 3 is 3.00 bits per heavy atom. The Morgan fingerprint density at radius 1 is 1.24 bits per heavy atom.